The van der Waals surface area contributed by atoms with Crippen molar-refractivity contribution in [2.75, 3.05) is 7.11 Å². The molecule has 1 N–H and O–H groups in total. The number of fused-ring (bicyclic) bond motifs is 2. The molecule has 0 aromatic heterocycles. The van der Waals surface area contributed by atoms with E-state index in [4.69, 9.17) is 4.74 Å². The van der Waals surface area contributed by atoms with Crippen molar-refractivity contribution in [1.82, 2.24) is 0 Å². The molecular weight excluding hydrogens is 292 g/mol. The van der Waals surface area contributed by atoms with Gasteiger partial charge in [-0.25, -0.2) is 0 Å². The van der Waals surface area contributed by atoms with Gasteiger partial charge in [-0.3, -0.25) is 9.59 Å². The number of methoxy groups -OCH3 is 1. The number of ketones is 2. The minimum Gasteiger partial charge on any atom is -0.507 e. The van der Waals surface area contributed by atoms with Gasteiger partial charge in [-0.15, -0.1) is 0 Å². The Labute approximate surface area is 134 Å². The van der Waals surface area contributed by atoms with Crippen molar-refractivity contribution < 1.29 is 19.4 Å². The number of benzene rings is 2. The van der Waals surface area contributed by atoms with Crippen LogP contribution in [0.25, 0.3) is 0 Å². The van der Waals surface area contributed by atoms with Crippen molar-refractivity contribution in [3.8, 4) is 11.5 Å². The first kappa shape index (κ1) is 15.0. The number of carbonyl (C=O) groups excluding carboxylic acids is 2. The fraction of sp³-hybridized carbons (Fsp3) is 0.158. The van der Waals surface area contributed by atoms with E-state index in [1.807, 2.05) is 6.92 Å². The Morgan fingerprint density at radius 3 is 2.39 bits per heavy atom. The Hall–Kier alpha value is -2.88. The van der Waals surface area contributed by atoms with Crippen LogP contribution in [0, 0.1) is 0 Å². The van der Waals surface area contributed by atoms with Crippen LogP contribution < -0.4 is 4.74 Å². The fourth-order valence-corrected chi connectivity index (χ4v) is 2.92. The van der Waals surface area contributed by atoms with Gasteiger partial charge < -0.3 is 9.84 Å². The maximum absolute atomic E-state index is 12.8. The van der Waals surface area contributed by atoms with Crippen molar-refractivity contribution in [2.45, 2.75) is 13.3 Å². The lowest BCUT2D eigenvalue weighted by molar-refractivity contribution is 0.0974. The van der Waals surface area contributed by atoms with Gasteiger partial charge in [0, 0.05) is 11.1 Å². The summed E-state index contributed by atoms with van der Waals surface area (Å²) in [7, 11) is 1.45. The molecule has 116 valence electrons. The van der Waals surface area contributed by atoms with Crippen molar-refractivity contribution in [2.24, 2.45) is 0 Å². The second-order valence-corrected chi connectivity index (χ2v) is 5.67. The van der Waals surface area contributed by atoms with Gasteiger partial charge in [-0.2, -0.15) is 0 Å². The first-order chi connectivity index (χ1) is 11.0. The Kier molecular flexibility index (Phi) is 3.52. The summed E-state index contributed by atoms with van der Waals surface area (Å²) in [6.07, 6.45) is 0.450. The van der Waals surface area contributed by atoms with Gasteiger partial charge >= 0.3 is 0 Å². The number of allylic oxidation sites excluding steroid dienone is 1. The average Bonchev–Trinajstić information content (AvgIpc) is 2.53. The lowest BCUT2D eigenvalue weighted by Gasteiger charge is -2.21. The lowest BCUT2D eigenvalue weighted by atomic mass is 9.81. The number of hydrogen-bond acceptors (Lipinski definition) is 4. The van der Waals surface area contributed by atoms with E-state index in [2.05, 4.69) is 6.58 Å². The number of rotatable bonds is 3. The molecule has 2 aromatic carbocycles. The number of phenols is 1. The molecule has 4 nitrogen and oxygen atoms in total. The Morgan fingerprint density at radius 1 is 1.09 bits per heavy atom. The van der Waals surface area contributed by atoms with E-state index in [9.17, 15) is 14.7 Å². The standard InChI is InChI=1S/C19H16O4/c1-10(2)9-11-7-8-13-16(17(11)20)19(22)12-5-4-6-14(23-3)15(12)18(13)21/h4-8,20H,1,9H2,2-3H3. The summed E-state index contributed by atoms with van der Waals surface area (Å²) in [6.45, 7) is 5.66. The molecule has 1 aliphatic carbocycles. The van der Waals surface area contributed by atoms with Gasteiger partial charge in [0.25, 0.3) is 0 Å². The van der Waals surface area contributed by atoms with Crippen LogP contribution in [-0.2, 0) is 6.42 Å². The minimum absolute atomic E-state index is 0.0644. The van der Waals surface area contributed by atoms with Gasteiger partial charge in [0.2, 0.25) is 0 Å². The van der Waals surface area contributed by atoms with Crippen molar-refractivity contribution >= 4 is 11.6 Å². The van der Waals surface area contributed by atoms with Crippen LogP contribution in [0.15, 0.2) is 42.5 Å². The van der Waals surface area contributed by atoms with Gasteiger partial charge in [-0.1, -0.05) is 30.4 Å². The Balaban J connectivity index is 2.25. The van der Waals surface area contributed by atoms with Crippen molar-refractivity contribution in [3.05, 3.63) is 70.3 Å². The van der Waals surface area contributed by atoms with Crippen LogP contribution in [0.3, 0.4) is 0 Å². The van der Waals surface area contributed by atoms with E-state index < -0.39 is 0 Å². The monoisotopic (exact) mass is 308 g/mol. The fourth-order valence-electron chi connectivity index (χ4n) is 2.92. The maximum atomic E-state index is 12.8. The summed E-state index contributed by atoms with van der Waals surface area (Å²) in [4.78, 5) is 25.5. The summed E-state index contributed by atoms with van der Waals surface area (Å²) in [5.74, 6) is -0.465. The summed E-state index contributed by atoms with van der Waals surface area (Å²) in [5.41, 5.74) is 2.22. The first-order valence-electron chi connectivity index (χ1n) is 7.21. The molecule has 0 fully saturated rings. The van der Waals surface area contributed by atoms with Crippen molar-refractivity contribution in [3.63, 3.8) is 0 Å². The zero-order valence-electron chi connectivity index (χ0n) is 13.0. The molecule has 0 spiro atoms. The molecule has 0 unspecified atom stereocenters. The molecule has 0 saturated carbocycles. The Bertz CT molecular complexity index is 862. The largest absolute Gasteiger partial charge is 0.507 e. The normalized spacial score (nSPS) is 12.6. The van der Waals surface area contributed by atoms with E-state index in [1.54, 1.807) is 30.3 Å². The summed E-state index contributed by atoms with van der Waals surface area (Å²) >= 11 is 0. The average molecular weight is 308 g/mol. The molecule has 1 aliphatic rings. The maximum Gasteiger partial charge on any atom is 0.198 e. The number of hydrogen-bond donors (Lipinski definition) is 1. The molecule has 23 heavy (non-hydrogen) atoms. The predicted molar refractivity (Wildman–Crippen MR) is 86.5 cm³/mol. The molecule has 2 aromatic rings. The summed E-state index contributed by atoms with van der Waals surface area (Å²) in [5, 5.41) is 10.5. The summed E-state index contributed by atoms with van der Waals surface area (Å²) < 4.78 is 5.21. The number of ether oxygens (including phenoxy) is 1. The van der Waals surface area contributed by atoms with Crippen LogP contribution in [0.4, 0.5) is 0 Å². The molecule has 0 bridgehead atoms. The number of phenolic OH excluding ortho intramolecular Hbond substituents is 1. The minimum atomic E-state index is -0.366. The second kappa shape index (κ2) is 5.39. The van der Waals surface area contributed by atoms with Gasteiger partial charge in [-0.05, 0) is 31.0 Å². The molecule has 4 heteroatoms. The molecular formula is C19H16O4. The highest BCUT2D eigenvalue weighted by atomic mass is 16.5. The van der Waals surface area contributed by atoms with Crippen LogP contribution in [0.2, 0.25) is 0 Å². The molecule has 0 amide bonds. The zero-order chi connectivity index (χ0) is 16.7. The number of aromatic hydroxyl groups is 1. The topological polar surface area (TPSA) is 63.6 Å². The lowest BCUT2D eigenvalue weighted by Crippen LogP contribution is -2.22. The highest BCUT2D eigenvalue weighted by molar-refractivity contribution is 6.30. The van der Waals surface area contributed by atoms with Crippen LogP contribution in [0.5, 0.6) is 11.5 Å². The molecule has 0 radical (unpaired) electrons. The van der Waals surface area contributed by atoms with Crippen molar-refractivity contribution in [1.29, 1.82) is 0 Å². The highest BCUT2D eigenvalue weighted by Crippen LogP contribution is 2.38. The smallest absolute Gasteiger partial charge is 0.198 e. The van der Waals surface area contributed by atoms with Gasteiger partial charge in [0.05, 0.1) is 18.2 Å². The van der Waals surface area contributed by atoms with E-state index in [1.165, 1.54) is 7.11 Å². The molecule has 3 rings (SSSR count). The van der Waals surface area contributed by atoms with E-state index in [0.29, 0.717) is 17.7 Å². The van der Waals surface area contributed by atoms with Crippen LogP contribution >= 0.6 is 0 Å². The third kappa shape index (κ3) is 2.23. The quantitative estimate of drug-likeness (QED) is 0.754. The van der Waals surface area contributed by atoms with Gasteiger partial charge in [0.15, 0.2) is 11.6 Å². The second-order valence-electron chi connectivity index (χ2n) is 5.67. The third-order valence-corrected chi connectivity index (χ3v) is 3.94. The third-order valence-electron chi connectivity index (χ3n) is 3.94. The first-order valence-corrected chi connectivity index (χ1v) is 7.21. The molecule has 0 heterocycles. The highest BCUT2D eigenvalue weighted by Gasteiger charge is 2.34. The van der Waals surface area contributed by atoms with E-state index in [-0.39, 0.29) is 39.6 Å². The molecule has 0 aliphatic heterocycles. The molecule has 0 saturated heterocycles. The number of carbonyl (C=O) groups is 2. The van der Waals surface area contributed by atoms with E-state index >= 15 is 0 Å². The summed E-state index contributed by atoms with van der Waals surface area (Å²) in [6, 6.07) is 8.12. The predicted octanol–water partition coefficient (Wildman–Crippen LogP) is 3.29. The molecule has 0 atom stereocenters. The van der Waals surface area contributed by atoms with Gasteiger partial charge in [0.1, 0.15) is 11.5 Å². The zero-order valence-corrected chi connectivity index (χ0v) is 13.0. The van der Waals surface area contributed by atoms with Crippen LogP contribution in [-0.4, -0.2) is 23.8 Å². The van der Waals surface area contributed by atoms with E-state index in [0.717, 1.165) is 5.57 Å². The van der Waals surface area contributed by atoms with Crippen LogP contribution in [0.1, 0.15) is 44.3 Å². The SMILES string of the molecule is C=C(C)Cc1ccc2c(c1O)C(=O)c1cccc(OC)c1C2=O. The Morgan fingerprint density at radius 2 is 1.74 bits per heavy atom.